The van der Waals surface area contributed by atoms with Crippen LogP contribution in [0.25, 0.3) is 0 Å². The molecule has 3 nitrogen and oxygen atoms in total. The minimum Gasteiger partial charge on any atom is -0.369 e. The lowest BCUT2D eigenvalue weighted by Crippen LogP contribution is -2.56. The fourth-order valence-corrected chi connectivity index (χ4v) is 2.82. The van der Waals surface area contributed by atoms with Gasteiger partial charge in [-0.15, -0.1) is 0 Å². The molecule has 1 unspecified atom stereocenters. The van der Waals surface area contributed by atoms with Gasteiger partial charge in [-0.3, -0.25) is 4.79 Å². The van der Waals surface area contributed by atoms with Gasteiger partial charge in [-0.25, -0.2) is 4.39 Å². The maximum Gasteiger partial charge on any atom is 0.254 e. The van der Waals surface area contributed by atoms with Crippen molar-refractivity contribution in [2.75, 3.05) is 13.2 Å². The van der Waals surface area contributed by atoms with Crippen molar-refractivity contribution in [3.8, 4) is 0 Å². The van der Waals surface area contributed by atoms with Gasteiger partial charge in [0.1, 0.15) is 11.9 Å². The summed E-state index contributed by atoms with van der Waals surface area (Å²) >= 11 is 0. The highest BCUT2D eigenvalue weighted by Gasteiger charge is 2.38. The second-order valence-corrected chi connectivity index (χ2v) is 6.45. The number of carbonyl (C=O) groups excluding carboxylic acids is 1. The monoisotopic (exact) mass is 313 g/mol. The molecule has 1 aliphatic heterocycles. The first-order valence-electron chi connectivity index (χ1n) is 7.71. The normalized spacial score (nSPS) is 20.3. The summed E-state index contributed by atoms with van der Waals surface area (Å²) in [5.74, 6) is -0.284. The summed E-state index contributed by atoms with van der Waals surface area (Å²) in [6.07, 6.45) is -0.240. The molecule has 2 aromatic rings. The maximum absolute atomic E-state index is 13.1. The van der Waals surface area contributed by atoms with E-state index >= 15 is 0 Å². The Morgan fingerprint density at radius 2 is 1.78 bits per heavy atom. The first-order chi connectivity index (χ1) is 11.0. The summed E-state index contributed by atoms with van der Waals surface area (Å²) in [7, 11) is 0. The van der Waals surface area contributed by atoms with Crippen molar-refractivity contribution in [3.05, 3.63) is 71.5 Å². The van der Waals surface area contributed by atoms with Crippen LogP contribution in [0.15, 0.2) is 54.6 Å². The quantitative estimate of drug-likeness (QED) is 0.843. The summed E-state index contributed by atoms with van der Waals surface area (Å²) in [6, 6.07) is 15.5. The molecule has 0 aromatic heterocycles. The fourth-order valence-electron chi connectivity index (χ4n) is 2.82. The van der Waals surface area contributed by atoms with Crippen molar-refractivity contribution in [1.82, 2.24) is 4.90 Å². The van der Waals surface area contributed by atoms with Crippen LogP contribution in [0.5, 0.6) is 0 Å². The number of hydrogen-bond donors (Lipinski definition) is 0. The summed E-state index contributed by atoms with van der Waals surface area (Å²) in [6.45, 7) is 4.88. The number of benzene rings is 2. The summed E-state index contributed by atoms with van der Waals surface area (Å²) in [5.41, 5.74) is 1.16. The minimum absolute atomic E-state index is 0.00832. The summed E-state index contributed by atoms with van der Waals surface area (Å²) < 4.78 is 19.0. The first-order valence-corrected chi connectivity index (χ1v) is 7.71. The predicted molar refractivity (Wildman–Crippen MR) is 86.7 cm³/mol. The van der Waals surface area contributed by atoms with Crippen LogP contribution < -0.4 is 0 Å². The summed E-state index contributed by atoms with van der Waals surface area (Å²) in [5, 5.41) is 0. The molecule has 0 spiro atoms. The van der Waals surface area contributed by atoms with Gasteiger partial charge in [0.25, 0.3) is 5.91 Å². The standard InChI is InChI=1S/C19H20FNO2/c1-19(2)13-23-17(14-8-10-16(20)11-9-14)12-21(19)18(22)15-6-4-3-5-7-15/h3-11,17H,12-13H2,1-2H3. The van der Waals surface area contributed by atoms with Crippen molar-refractivity contribution in [2.24, 2.45) is 0 Å². The van der Waals surface area contributed by atoms with E-state index in [1.54, 1.807) is 12.1 Å². The summed E-state index contributed by atoms with van der Waals surface area (Å²) in [4.78, 5) is 14.7. The number of rotatable bonds is 2. The molecule has 2 aromatic carbocycles. The number of morpholine rings is 1. The van der Waals surface area contributed by atoms with Gasteiger partial charge in [0.05, 0.1) is 18.7 Å². The molecule has 1 heterocycles. The Kier molecular flexibility index (Phi) is 4.18. The lowest BCUT2D eigenvalue weighted by molar-refractivity contribution is -0.0846. The van der Waals surface area contributed by atoms with Gasteiger partial charge < -0.3 is 9.64 Å². The average Bonchev–Trinajstić information content (AvgIpc) is 2.56. The van der Waals surface area contributed by atoms with Crippen LogP contribution in [0, 0.1) is 5.82 Å². The van der Waals surface area contributed by atoms with Crippen LogP contribution in [0.4, 0.5) is 4.39 Å². The predicted octanol–water partition coefficient (Wildman–Crippen LogP) is 3.82. The van der Waals surface area contributed by atoms with Crippen LogP contribution in [-0.2, 0) is 4.74 Å². The minimum atomic E-state index is -0.385. The number of carbonyl (C=O) groups is 1. The van der Waals surface area contributed by atoms with E-state index in [2.05, 4.69) is 0 Å². The molecule has 3 rings (SSSR count). The van der Waals surface area contributed by atoms with Gasteiger partial charge >= 0.3 is 0 Å². The molecule has 23 heavy (non-hydrogen) atoms. The smallest absolute Gasteiger partial charge is 0.254 e. The third-order valence-electron chi connectivity index (χ3n) is 4.22. The fraction of sp³-hybridized carbons (Fsp3) is 0.316. The topological polar surface area (TPSA) is 29.5 Å². The van der Waals surface area contributed by atoms with E-state index in [-0.39, 0.29) is 23.4 Å². The van der Waals surface area contributed by atoms with Crippen LogP contribution >= 0.6 is 0 Å². The molecule has 1 saturated heterocycles. The van der Waals surface area contributed by atoms with Gasteiger partial charge in [0, 0.05) is 5.56 Å². The molecule has 1 aliphatic rings. The van der Waals surface area contributed by atoms with Crippen LogP contribution in [0.3, 0.4) is 0 Å². The third kappa shape index (κ3) is 3.27. The van der Waals surface area contributed by atoms with E-state index in [0.29, 0.717) is 18.7 Å². The molecule has 120 valence electrons. The molecule has 0 aliphatic carbocycles. The van der Waals surface area contributed by atoms with Crippen LogP contribution in [-0.4, -0.2) is 29.5 Å². The Hall–Kier alpha value is -2.20. The Morgan fingerprint density at radius 3 is 2.43 bits per heavy atom. The second kappa shape index (κ2) is 6.13. The van der Waals surface area contributed by atoms with E-state index < -0.39 is 0 Å². The zero-order valence-corrected chi connectivity index (χ0v) is 13.3. The molecule has 1 fully saturated rings. The van der Waals surface area contributed by atoms with Crippen LogP contribution in [0.1, 0.15) is 35.9 Å². The van der Waals surface area contributed by atoms with Crippen molar-refractivity contribution >= 4 is 5.91 Å². The highest BCUT2D eigenvalue weighted by molar-refractivity contribution is 5.94. The Balaban J connectivity index is 1.85. The molecular formula is C19H20FNO2. The molecule has 0 radical (unpaired) electrons. The maximum atomic E-state index is 13.1. The highest BCUT2D eigenvalue weighted by Crippen LogP contribution is 2.31. The molecule has 4 heteroatoms. The number of ether oxygens (including phenoxy) is 1. The zero-order chi connectivity index (χ0) is 16.4. The largest absolute Gasteiger partial charge is 0.369 e. The van der Waals surface area contributed by atoms with Crippen molar-refractivity contribution in [3.63, 3.8) is 0 Å². The van der Waals surface area contributed by atoms with Gasteiger partial charge in [-0.05, 0) is 43.7 Å². The molecule has 1 amide bonds. The Bertz CT molecular complexity index is 682. The average molecular weight is 313 g/mol. The van der Waals surface area contributed by atoms with Gasteiger partial charge in [0.15, 0.2) is 0 Å². The zero-order valence-electron chi connectivity index (χ0n) is 13.3. The second-order valence-electron chi connectivity index (χ2n) is 6.45. The molecule has 1 atom stereocenters. The number of amides is 1. The Morgan fingerprint density at radius 1 is 1.13 bits per heavy atom. The van der Waals surface area contributed by atoms with E-state index in [4.69, 9.17) is 4.74 Å². The molecular weight excluding hydrogens is 293 g/mol. The van der Waals surface area contributed by atoms with Crippen molar-refractivity contribution < 1.29 is 13.9 Å². The SMILES string of the molecule is CC1(C)COC(c2ccc(F)cc2)CN1C(=O)c1ccccc1. The number of hydrogen-bond acceptors (Lipinski definition) is 2. The number of nitrogens with zero attached hydrogens (tertiary/aromatic N) is 1. The molecule has 0 N–H and O–H groups in total. The van der Waals surface area contributed by atoms with E-state index in [1.807, 2.05) is 49.1 Å². The lowest BCUT2D eigenvalue weighted by Gasteiger charge is -2.45. The van der Waals surface area contributed by atoms with E-state index in [1.165, 1.54) is 12.1 Å². The van der Waals surface area contributed by atoms with Gasteiger partial charge in [-0.1, -0.05) is 30.3 Å². The van der Waals surface area contributed by atoms with Crippen molar-refractivity contribution in [1.29, 1.82) is 0 Å². The number of halogens is 1. The first kappa shape index (κ1) is 15.7. The van der Waals surface area contributed by atoms with Crippen molar-refractivity contribution in [2.45, 2.75) is 25.5 Å². The molecule has 0 saturated carbocycles. The Labute approximate surface area is 135 Å². The third-order valence-corrected chi connectivity index (χ3v) is 4.22. The van der Waals surface area contributed by atoms with E-state index in [0.717, 1.165) is 5.56 Å². The van der Waals surface area contributed by atoms with Gasteiger partial charge in [0.2, 0.25) is 0 Å². The van der Waals surface area contributed by atoms with E-state index in [9.17, 15) is 9.18 Å². The van der Waals surface area contributed by atoms with Gasteiger partial charge in [-0.2, -0.15) is 0 Å². The highest BCUT2D eigenvalue weighted by atomic mass is 19.1. The lowest BCUT2D eigenvalue weighted by atomic mass is 9.97. The molecule has 0 bridgehead atoms. The van der Waals surface area contributed by atoms with Crippen LogP contribution in [0.2, 0.25) is 0 Å².